The fourth-order valence-corrected chi connectivity index (χ4v) is 3.57. The topological polar surface area (TPSA) is 63.0 Å². The number of hydrogen-bond donors (Lipinski definition) is 0. The van der Waals surface area contributed by atoms with Crippen LogP contribution in [0.1, 0.15) is 22.3 Å². The number of amides is 1. The van der Waals surface area contributed by atoms with Gasteiger partial charge in [0.1, 0.15) is 5.75 Å². The minimum absolute atomic E-state index is 0.139. The van der Waals surface area contributed by atoms with E-state index in [0.717, 1.165) is 12.3 Å². The molecule has 1 aliphatic heterocycles. The molecule has 0 N–H and O–H groups in total. The van der Waals surface area contributed by atoms with Crippen molar-refractivity contribution in [3.8, 4) is 5.75 Å². The lowest BCUT2D eigenvalue weighted by molar-refractivity contribution is -0.137. The maximum atomic E-state index is 13.1. The van der Waals surface area contributed by atoms with E-state index in [1.54, 1.807) is 29.2 Å². The van der Waals surface area contributed by atoms with Crippen molar-refractivity contribution in [3.05, 3.63) is 53.7 Å². The van der Waals surface area contributed by atoms with Gasteiger partial charge in [0.2, 0.25) is 5.95 Å². The highest BCUT2D eigenvalue weighted by Crippen LogP contribution is 2.30. The van der Waals surface area contributed by atoms with Gasteiger partial charge >= 0.3 is 6.18 Å². The van der Waals surface area contributed by atoms with Crippen LogP contribution in [0.15, 0.2) is 42.6 Å². The first-order valence-corrected chi connectivity index (χ1v) is 9.47. The molecule has 1 amide bonds. The van der Waals surface area contributed by atoms with Gasteiger partial charge in [-0.3, -0.25) is 9.20 Å². The van der Waals surface area contributed by atoms with Crippen LogP contribution in [-0.4, -0.2) is 58.7 Å². The average molecular weight is 419 g/mol. The van der Waals surface area contributed by atoms with Crippen molar-refractivity contribution >= 4 is 17.5 Å². The molecule has 1 aliphatic rings. The number of alkyl halides is 3. The molecule has 0 saturated carbocycles. The molecule has 1 aromatic carbocycles. The van der Waals surface area contributed by atoms with Crippen molar-refractivity contribution in [2.45, 2.75) is 12.6 Å². The molecule has 0 unspecified atom stereocenters. The van der Waals surface area contributed by atoms with Crippen LogP contribution < -0.4 is 9.64 Å². The van der Waals surface area contributed by atoms with Crippen molar-refractivity contribution in [2.24, 2.45) is 0 Å². The normalized spacial score (nSPS) is 15.3. The molecule has 10 heteroatoms. The Morgan fingerprint density at radius 2 is 1.83 bits per heavy atom. The lowest BCUT2D eigenvalue weighted by Crippen LogP contribution is -2.35. The third-order valence-electron chi connectivity index (χ3n) is 5.11. The molecule has 0 aliphatic carbocycles. The summed E-state index contributed by atoms with van der Waals surface area (Å²) in [6, 6.07) is 9.32. The molecule has 30 heavy (non-hydrogen) atoms. The molecule has 7 nitrogen and oxygen atoms in total. The number of ether oxygens (including phenoxy) is 1. The number of carbonyl (C=O) groups excluding carboxylic acids is 1. The van der Waals surface area contributed by atoms with E-state index in [2.05, 4.69) is 10.2 Å². The first-order chi connectivity index (χ1) is 14.4. The van der Waals surface area contributed by atoms with Crippen molar-refractivity contribution < 1.29 is 22.7 Å². The van der Waals surface area contributed by atoms with Crippen LogP contribution in [-0.2, 0) is 6.18 Å². The van der Waals surface area contributed by atoms with Gasteiger partial charge in [-0.15, -0.1) is 10.2 Å². The number of methoxy groups -OCH3 is 1. The predicted octanol–water partition coefficient (Wildman–Crippen LogP) is 3.11. The number of carbonyl (C=O) groups is 1. The fourth-order valence-electron chi connectivity index (χ4n) is 3.57. The van der Waals surface area contributed by atoms with E-state index < -0.39 is 11.7 Å². The Labute approximate surface area is 170 Å². The summed E-state index contributed by atoms with van der Waals surface area (Å²) in [6.07, 6.45) is -2.80. The Morgan fingerprint density at radius 3 is 2.60 bits per heavy atom. The number of hydrogen-bond acceptors (Lipinski definition) is 5. The van der Waals surface area contributed by atoms with Crippen LogP contribution in [0.25, 0.3) is 5.65 Å². The highest BCUT2D eigenvalue weighted by Gasteiger charge is 2.32. The van der Waals surface area contributed by atoms with Gasteiger partial charge in [0.05, 0.1) is 18.2 Å². The number of fused-ring (bicyclic) bond motifs is 1. The third kappa shape index (κ3) is 3.77. The van der Waals surface area contributed by atoms with Crippen molar-refractivity contribution in [2.75, 3.05) is 38.2 Å². The number of nitrogens with zero attached hydrogens (tertiary/aromatic N) is 5. The second-order valence-corrected chi connectivity index (χ2v) is 6.98. The summed E-state index contributed by atoms with van der Waals surface area (Å²) in [5, 5.41) is 8.07. The summed E-state index contributed by atoms with van der Waals surface area (Å²) in [4.78, 5) is 16.5. The second-order valence-electron chi connectivity index (χ2n) is 6.98. The molecule has 2 aromatic heterocycles. The molecule has 3 heterocycles. The molecule has 158 valence electrons. The Balaban J connectivity index is 1.55. The van der Waals surface area contributed by atoms with Crippen molar-refractivity contribution in [1.29, 1.82) is 0 Å². The molecule has 3 aromatic rings. The Morgan fingerprint density at radius 1 is 1.03 bits per heavy atom. The summed E-state index contributed by atoms with van der Waals surface area (Å²) < 4.78 is 45.9. The number of pyridine rings is 1. The van der Waals surface area contributed by atoms with Crippen molar-refractivity contribution in [1.82, 2.24) is 19.5 Å². The quantitative estimate of drug-likeness (QED) is 0.653. The zero-order valence-corrected chi connectivity index (χ0v) is 16.3. The SMILES string of the molecule is COc1ccccc1C(=O)N1CCCN(c2nnc3ccc(C(F)(F)F)cn23)CC1. The van der Waals surface area contributed by atoms with Gasteiger partial charge in [0.25, 0.3) is 5.91 Å². The molecule has 0 radical (unpaired) electrons. The predicted molar refractivity (Wildman–Crippen MR) is 104 cm³/mol. The highest BCUT2D eigenvalue weighted by molar-refractivity contribution is 5.97. The van der Waals surface area contributed by atoms with E-state index >= 15 is 0 Å². The molecule has 0 bridgehead atoms. The standard InChI is InChI=1S/C20H20F3N5O2/c1-30-16-6-3-2-5-15(16)18(29)26-9-4-10-27(12-11-26)19-25-24-17-8-7-14(13-28(17)19)20(21,22)23/h2-3,5-8,13H,4,9-12H2,1H3. The van der Waals surface area contributed by atoms with Gasteiger partial charge in [-0.05, 0) is 30.7 Å². The van der Waals surface area contributed by atoms with Crippen molar-refractivity contribution in [3.63, 3.8) is 0 Å². The van der Waals surface area contributed by atoms with E-state index in [1.807, 2.05) is 4.90 Å². The van der Waals surface area contributed by atoms with Crippen LogP contribution in [0.5, 0.6) is 5.75 Å². The lowest BCUT2D eigenvalue weighted by Gasteiger charge is -2.23. The molecule has 1 fully saturated rings. The van der Waals surface area contributed by atoms with Gasteiger partial charge in [0.15, 0.2) is 5.65 Å². The summed E-state index contributed by atoms with van der Waals surface area (Å²) in [6.45, 7) is 1.91. The van der Waals surface area contributed by atoms with Crippen LogP contribution >= 0.6 is 0 Å². The fraction of sp³-hybridized carbons (Fsp3) is 0.350. The zero-order chi connectivity index (χ0) is 21.3. The Bertz CT molecular complexity index is 1070. The van der Waals surface area contributed by atoms with Crippen LogP contribution in [0.4, 0.5) is 19.1 Å². The zero-order valence-electron chi connectivity index (χ0n) is 16.3. The molecule has 1 saturated heterocycles. The van der Waals surface area contributed by atoms with Crippen LogP contribution in [0.3, 0.4) is 0 Å². The minimum Gasteiger partial charge on any atom is -0.496 e. The van der Waals surface area contributed by atoms with E-state index in [-0.39, 0.29) is 5.91 Å². The average Bonchev–Trinajstić information content (AvgIpc) is 3.01. The van der Waals surface area contributed by atoms with Crippen LogP contribution in [0.2, 0.25) is 0 Å². The summed E-state index contributed by atoms with van der Waals surface area (Å²) >= 11 is 0. The number of benzene rings is 1. The maximum absolute atomic E-state index is 13.1. The first kappa shape index (κ1) is 20.0. The highest BCUT2D eigenvalue weighted by atomic mass is 19.4. The van der Waals surface area contributed by atoms with Gasteiger partial charge in [-0.2, -0.15) is 13.2 Å². The maximum Gasteiger partial charge on any atom is 0.417 e. The largest absolute Gasteiger partial charge is 0.496 e. The second kappa shape index (κ2) is 7.85. The Kier molecular flexibility index (Phi) is 5.23. The summed E-state index contributed by atoms with van der Waals surface area (Å²) in [5.41, 5.74) is 0.0549. The number of anilines is 1. The summed E-state index contributed by atoms with van der Waals surface area (Å²) in [7, 11) is 1.52. The molecule has 0 atom stereocenters. The minimum atomic E-state index is -4.45. The first-order valence-electron chi connectivity index (χ1n) is 9.47. The van der Waals surface area contributed by atoms with E-state index in [0.29, 0.717) is 55.5 Å². The third-order valence-corrected chi connectivity index (χ3v) is 5.11. The molecular formula is C20H20F3N5O2. The number of para-hydroxylation sites is 1. The van der Waals surface area contributed by atoms with E-state index in [1.165, 1.54) is 17.6 Å². The van der Waals surface area contributed by atoms with E-state index in [9.17, 15) is 18.0 Å². The molecular weight excluding hydrogens is 399 g/mol. The van der Waals surface area contributed by atoms with Gasteiger partial charge < -0.3 is 14.5 Å². The smallest absolute Gasteiger partial charge is 0.417 e. The van der Waals surface area contributed by atoms with Gasteiger partial charge in [-0.25, -0.2) is 0 Å². The van der Waals surface area contributed by atoms with Gasteiger partial charge in [-0.1, -0.05) is 12.1 Å². The lowest BCUT2D eigenvalue weighted by atomic mass is 10.1. The molecule has 4 rings (SSSR count). The monoisotopic (exact) mass is 419 g/mol. The summed E-state index contributed by atoms with van der Waals surface area (Å²) in [5.74, 6) is 0.703. The van der Waals surface area contributed by atoms with Gasteiger partial charge in [0, 0.05) is 32.4 Å². The van der Waals surface area contributed by atoms with Crippen LogP contribution in [0, 0.1) is 0 Å². The van der Waals surface area contributed by atoms with E-state index in [4.69, 9.17) is 4.74 Å². The number of halogens is 3. The number of rotatable bonds is 3. The Hall–Kier alpha value is -3.30. The number of aromatic nitrogens is 3. The molecule has 0 spiro atoms.